The van der Waals surface area contributed by atoms with Crippen molar-refractivity contribution < 1.29 is 100 Å². The number of ether oxygens (including phenoxy) is 11. The number of rotatable bonds is 30. The molecule has 0 bridgehead atoms. The minimum Gasteiger partial charge on any atom is -0.448 e. The molecule has 0 aromatic carbocycles. The summed E-state index contributed by atoms with van der Waals surface area (Å²) < 4.78 is 57.1. The van der Waals surface area contributed by atoms with Gasteiger partial charge in [-0.1, -0.05) is 0 Å². The summed E-state index contributed by atoms with van der Waals surface area (Å²) in [7, 11) is 0. The number of hydrogen-bond donors (Lipinski definition) is 8. The smallest absolute Gasteiger partial charge is 0.410 e. The van der Waals surface area contributed by atoms with Crippen molar-refractivity contribution in [3.63, 3.8) is 0 Å². The van der Waals surface area contributed by atoms with Crippen LogP contribution in [-0.2, 0) is 52.1 Å². The van der Waals surface area contributed by atoms with Crippen LogP contribution < -0.4 is 42.5 Å². The lowest BCUT2D eigenvalue weighted by molar-refractivity contribution is 0.0233. The van der Waals surface area contributed by atoms with E-state index in [-0.39, 0.29) is 131 Å². The largest absolute Gasteiger partial charge is 0.448 e. The molecule has 77 heavy (non-hydrogen) atoms. The summed E-state index contributed by atoms with van der Waals surface area (Å²) in [4.78, 5) is 125. The quantitative estimate of drug-likeness (QED) is 0.0379. The minimum absolute atomic E-state index is 0.00218. The lowest BCUT2D eigenvalue weighted by Crippen LogP contribution is -2.41. The highest BCUT2D eigenvalue weighted by atomic mass is 16.6. The zero-order valence-corrected chi connectivity index (χ0v) is 46.6. The van der Waals surface area contributed by atoms with Gasteiger partial charge in [0.05, 0.1) is 39.4 Å². The second-order valence-electron chi connectivity index (χ2n) is 19.8. The highest BCUT2D eigenvalue weighted by Crippen LogP contribution is 2.09. The third-order valence-corrected chi connectivity index (χ3v) is 8.05. The molecular weight excluding hydrogens is 1030 g/mol. The van der Waals surface area contributed by atoms with Gasteiger partial charge in [-0.15, -0.1) is 0 Å². The van der Waals surface area contributed by atoms with E-state index >= 15 is 0 Å². The number of carbonyl (C=O) groups is 10. The SMILES string of the molecule is CC(C)(C)OC(=O)NCCNC(=O)OCCN(CCOC(=O)NCCNC(=O)OC(C)(C)C)C(=O)OCCOCCOC(=O)N(CCOC(=O)NCCNC(=O)OC(C)(C)C)CCOC(=O)NCCNC(=O)OC(C)(C)C. The Kier molecular flexibility index (Phi) is 33.8. The van der Waals surface area contributed by atoms with Gasteiger partial charge in [-0.05, 0) is 83.1 Å². The van der Waals surface area contributed by atoms with Gasteiger partial charge in [0.25, 0.3) is 0 Å². The van der Waals surface area contributed by atoms with Gasteiger partial charge < -0.3 is 104 Å². The molecule has 0 aliphatic rings. The molecule has 10 amide bonds. The molecule has 31 heteroatoms. The first-order chi connectivity index (χ1) is 35.8. The number of nitrogens with one attached hydrogen (secondary N) is 8. The standard InChI is InChI=1S/C46H84N10O21/c1-43(2,3)74-37(61)51-17-13-47-33(57)68-25-21-55(22-26-69-34(58)48-14-18-52-38(62)75-44(4,5)6)41(65)72-31-29-67-30-32-73-42(66)56(23-27-70-35(59)49-15-19-53-39(63)76-45(7,8)9)24-28-71-36(60)50-16-20-54-40(64)77-46(10,11)12/h13-32H2,1-12H3,(H,47,57)(H,48,58)(H,49,59)(H,50,60)(H,51,61)(H,52,62)(H,53,63)(H,54,64). The van der Waals surface area contributed by atoms with Crippen LogP contribution in [0.3, 0.4) is 0 Å². The zero-order chi connectivity index (χ0) is 58.5. The molecule has 0 rings (SSSR count). The fourth-order valence-electron chi connectivity index (χ4n) is 5.02. The van der Waals surface area contributed by atoms with Crippen LogP contribution in [-0.4, -0.2) is 225 Å². The van der Waals surface area contributed by atoms with Crippen molar-refractivity contribution in [2.45, 2.75) is 105 Å². The van der Waals surface area contributed by atoms with Gasteiger partial charge in [0.15, 0.2) is 0 Å². The summed E-state index contributed by atoms with van der Waals surface area (Å²) in [5.74, 6) is 0. The molecule has 0 aromatic heterocycles. The highest BCUT2D eigenvalue weighted by Gasteiger charge is 2.22. The summed E-state index contributed by atoms with van der Waals surface area (Å²) in [5, 5.41) is 19.7. The number of nitrogens with zero attached hydrogens (tertiary/aromatic N) is 2. The molecule has 0 saturated heterocycles. The van der Waals surface area contributed by atoms with Gasteiger partial charge in [0.1, 0.15) is 62.0 Å². The maximum atomic E-state index is 13.1. The minimum atomic E-state index is -0.895. The van der Waals surface area contributed by atoms with Crippen LogP contribution >= 0.6 is 0 Å². The Morgan fingerprint density at radius 3 is 0.662 bits per heavy atom. The third-order valence-electron chi connectivity index (χ3n) is 8.05. The van der Waals surface area contributed by atoms with E-state index in [2.05, 4.69) is 42.5 Å². The van der Waals surface area contributed by atoms with Crippen LogP contribution in [0.4, 0.5) is 47.9 Å². The Bertz CT molecular complexity index is 1600. The molecule has 0 radical (unpaired) electrons. The summed E-state index contributed by atoms with van der Waals surface area (Å²) in [6, 6.07) is 0. The Hall–Kier alpha value is -7.34. The number of amides is 10. The van der Waals surface area contributed by atoms with Crippen molar-refractivity contribution in [3.05, 3.63) is 0 Å². The first-order valence-electron chi connectivity index (χ1n) is 24.7. The molecule has 8 N–H and O–H groups in total. The first kappa shape index (κ1) is 69.7. The molecule has 0 unspecified atom stereocenters. The molecule has 444 valence electrons. The normalized spacial score (nSPS) is 11.2. The van der Waals surface area contributed by atoms with Crippen molar-refractivity contribution in [1.82, 2.24) is 52.3 Å². The zero-order valence-electron chi connectivity index (χ0n) is 46.6. The van der Waals surface area contributed by atoms with Crippen LogP contribution in [0.15, 0.2) is 0 Å². The Balaban J connectivity index is 5.22. The van der Waals surface area contributed by atoms with E-state index in [1.165, 1.54) is 0 Å². The predicted octanol–water partition coefficient (Wildman–Crippen LogP) is 2.88. The summed E-state index contributed by atoms with van der Waals surface area (Å²) >= 11 is 0. The number of alkyl carbamates (subject to hydrolysis) is 8. The Labute approximate surface area is 449 Å². The van der Waals surface area contributed by atoms with E-state index < -0.39 is 83.3 Å². The molecule has 0 atom stereocenters. The monoisotopic (exact) mass is 1110 g/mol. The van der Waals surface area contributed by atoms with E-state index in [4.69, 9.17) is 52.1 Å². The van der Waals surface area contributed by atoms with E-state index in [9.17, 15) is 47.9 Å². The third kappa shape index (κ3) is 44.7. The van der Waals surface area contributed by atoms with Gasteiger partial charge >= 0.3 is 60.9 Å². The summed E-state index contributed by atoms with van der Waals surface area (Å²) in [5.41, 5.74) is -2.84. The number of hydrogen-bond acceptors (Lipinski definition) is 21. The van der Waals surface area contributed by atoms with Crippen molar-refractivity contribution in [2.75, 3.05) is 131 Å². The van der Waals surface area contributed by atoms with E-state index in [0.29, 0.717) is 0 Å². The first-order valence-corrected chi connectivity index (χ1v) is 24.7. The van der Waals surface area contributed by atoms with Crippen LogP contribution in [0.25, 0.3) is 0 Å². The van der Waals surface area contributed by atoms with E-state index in [0.717, 1.165) is 9.80 Å². The highest BCUT2D eigenvalue weighted by molar-refractivity contribution is 5.72. The lowest BCUT2D eigenvalue weighted by atomic mass is 10.2. The lowest BCUT2D eigenvalue weighted by Gasteiger charge is -2.22. The maximum absolute atomic E-state index is 13.1. The fourth-order valence-corrected chi connectivity index (χ4v) is 5.02. The van der Waals surface area contributed by atoms with Crippen molar-refractivity contribution in [2.24, 2.45) is 0 Å². The molecule has 0 aliphatic carbocycles. The Morgan fingerprint density at radius 1 is 0.273 bits per heavy atom. The average Bonchev–Trinajstić information content (AvgIpc) is 3.28. The van der Waals surface area contributed by atoms with Crippen LogP contribution in [0, 0.1) is 0 Å². The van der Waals surface area contributed by atoms with E-state index in [1.54, 1.807) is 83.1 Å². The van der Waals surface area contributed by atoms with Gasteiger partial charge in [0.2, 0.25) is 0 Å². The van der Waals surface area contributed by atoms with Crippen LogP contribution in [0.1, 0.15) is 83.1 Å². The Morgan fingerprint density at radius 2 is 0.468 bits per heavy atom. The summed E-state index contributed by atoms with van der Waals surface area (Å²) in [6.45, 7) is 17.6. The van der Waals surface area contributed by atoms with Gasteiger partial charge in [-0.25, -0.2) is 47.9 Å². The predicted molar refractivity (Wildman–Crippen MR) is 271 cm³/mol. The molecule has 0 aliphatic heterocycles. The maximum Gasteiger partial charge on any atom is 0.410 e. The fraction of sp³-hybridized carbons (Fsp3) is 0.783. The van der Waals surface area contributed by atoms with Gasteiger partial charge in [-0.2, -0.15) is 0 Å². The van der Waals surface area contributed by atoms with Crippen molar-refractivity contribution in [1.29, 1.82) is 0 Å². The van der Waals surface area contributed by atoms with Crippen molar-refractivity contribution in [3.8, 4) is 0 Å². The molecule has 0 spiro atoms. The van der Waals surface area contributed by atoms with Gasteiger partial charge in [0, 0.05) is 52.4 Å². The van der Waals surface area contributed by atoms with Crippen LogP contribution in [0.2, 0.25) is 0 Å². The molecule has 0 heterocycles. The van der Waals surface area contributed by atoms with E-state index in [1.807, 2.05) is 0 Å². The van der Waals surface area contributed by atoms with Crippen molar-refractivity contribution >= 4 is 60.9 Å². The second kappa shape index (κ2) is 37.4. The topological polar surface area (TPSA) is 375 Å². The summed E-state index contributed by atoms with van der Waals surface area (Å²) in [6.07, 6.45) is -7.89. The molecule has 31 nitrogen and oxygen atoms in total. The molecule has 0 saturated carbocycles. The molecule has 0 aromatic rings. The van der Waals surface area contributed by atoms with Crippen LogP contribution in [0.5, 0.6) is 0 Å². The van der Waals surface area contributed by atoms with Gasteiger partial charge in [-0.3, -0.25) is 0 Å². The molecular formula is C46H84N10O21. The average molecular weight is 1110 g/mol. The second-order valence-corrected chi connectivity index (χ2v) is 19.8. The molecule has 0 fully saturated rings. The number of carbonyl (C=O) groups excluding carboxylic acids is 10.